The van der Waals surface area contributed by atoms with E-state index in [1.54, 1.807) is 6.07 Å². The lowest BCUT2D eigenvalue weighted by atomic mass is 10.2. The highest BCUT2D eigenvalue weighted by molar-refractivity contribution is 5.46. The SMILES string of the molecule is CCc1nc(NN)cc(NCC(O)C2CC2)n1. The Morgan fingerprint density at radius 1 is 1.47 bits per heavy atom. The number of hydrogen-bond donors (Lipinski definition) is 4. The summed E-state index contributed by atoms with van der Waals surface area (Å²) in [6.07, 6.45) is 2.71. The van der Waals surface area contributed by atoms with Crippen molar-refractivity contribution in [2.24, 2.45) is 11.8 Å². The Bertz CT molecular complexity index is 358. The molecule has 94 valence electrons. The van der Waals surface area contributed by atoms with Crippen LogP contribution in [-0.4, -0.2) is 27.7 Å². The van der Waals surface area contributed by atoms with Crippen LogP contribution in [0.2, 0.25) is 0 Å². The van der Waals surface area contributed by atoms with Crippen LogP contribution in [0.1, 0.15) is 25.6 Å². The molecule has 1 aromatic heterocycles. The van der Waals surface area contributed by atoms with Gasteiger partial charge in [-0.25, -0.2) is 15.8 Å². The molecule has 17 heavy (non-hydrogen) atoms. The number of aliphatic hydroxyl groups is 1. The fourth-order valence-corrected chi connectivity index (χ4v) is 1.68. The first kappa shape index (κ1) is 12.1. The van der Waals surface area contributed by atoms with E-state index in [1.165, 1.54) is 0 Å². The van der Waals surface area contributed by atoms with Gasteiger partial charge in [-0.1, -0.05) is 6.92 Å². The quantitative estimate of drug-likeness (QED) is 0.425. The Balaban J connectivity index is 1.98. The second kappa shape index (κ2) is 5.29. The molecule has 1 unspecified atom stereocenters. The molecule has 0 amide bonds. The number of aryl methyl sites for hydroxylation is 1. The number of anilines is 2. The van der Waals surface area contributed by atoms with Crippen LogP contribution < -0.4 is 16.6 Å². The summed E-state index contributed by atoms with van der Waals surface area (Å²) in [5.41, 5.74) is 2.51. The summed E-state index contributed by atoms with van der Waals surface area (Å²) in [6, 6.07) is 1.73. The van der Waals surface area contributed by atoms with Gasteiger partial charge in [-0.15, -0.1) is 0 Å². The average molecular weight is 237 g/mol. The van der Waals surface area contributed by atoms with E-state index in [-0.39, 0.29) is 6.10 Å². The molecule has 0 spiro atoms. The minimum atomic E-state index is -0.288. The number of aromatic nitrogens is 2. The molecule has 0 aliphatic heterocycles. The standard InChI is InChI=1S/C11H19N5O/c1-2-9-14-10(5-11(15-9)16-12)13-6-8(17)7-3-4-7/h5,7-8,17H,2-4,6,12H2,1H3,(H2,13,14,15,16). The van der Waals surface area contributed by atoms with Crippen molar-refractivity contribution in [1.82, 2.24) is 9.97 Å². The Hall–Kier alpha value is -1.40. The Kier molecular flexibility index (Phi) is 3.75. The molecule has 2 rings (SSSR count). The number of nitrogens with two attached hydrogens (primary N) is 1. The van der Waals surface area contributed by atoms with E-state index in [4.69, 9.17) is 5.84 Å². The van der Waals surface area contributed by atoms with Crippen LogP contribution in [0.3, 0.4) is 0 Å². The molecule has 1 aliphatic carbocycles. The van der Waals surface area contributed by atoms with Crippen LogP contribution in [0.4, 0.5) is 11.6 Å². The number of rotatable bonds is 6. The smallest absolute Gasteiger partial charge is 0.145 e. The van der Waals surface area contributed by atoms with Crippen molar-refractivity contribution in [3.05, 3.63) is 11.9 Å². The molecule has 6 nitrogen and oxygen atoms in total. The molecule has 6 heteroatoms. The molecule has 1 saturated carbocycles. The van der Waals surface area contributed by atoms with Crippen molar-refractivity contribution in [1.29, 1.82) is 0 Å². The summed E-state index contributed by atoms with van der Waals surface area (Å²) in [5, 5.41) is 12.9. The topological polar surface area (TPSA) is 96.1 Å². The highest BCUT2D eigenvalue weighted by Crippen LogP contribution is 2.32. The van der Waals surface area contributed by atoms with Crippen molar-refractivity contribution < 1.29 is 5.11 Å². The number of hydrazine groups is 1. The third-order valence-corrected chi connectivity index (χ3v) is 2.90. The van der Waals surface area contributed by atoms with Gasteiger partial charge < -0.3 is 15.8 Å². The maximum absolute atomic E-state index is 9.76. The van der Waals surface area contributed by atoms with Crippen molar-refractivity contribution in [3.8, 4) is 0 Å². The van der Waals surface area contributed by atoms with E-state index in [0.29, 0.717) is 24.1 Å². The molecule has 1 atom stereocenters. The first-order valence-corrected chi connectivity index (χ1v) is 5.99. The van der Waals surface area contributed by atoms with Crippen molar-refractivity contribution in [2.75, 3.05) is 17.3 Å². The monoisotopic (exact) mass is 237 g/mol. The summed E-state index contributed by atoms with van der Waals surface area (Å²) < 4.78 is 0. The summed E-state index contributed by atoms with van der Waals surface area (Å²) in [5.74, 6) is 7.81. The summed E-state index contributed by atoms with van der Waals surface area (Å²) >= 11 is 0. The van der Waals surface area contributed by atoms with Gasteiger partial charge in [0, 0.05) is 19.0 Å². The molecule has 0 bridgehead atoms. The number of hydrogen-bond acceptors (Lipinski definition) is 6. The predicted octanol–water partition coefficient (Wildman–Crippen LogP) is 0.507. The number of nitrogens with one attached hydrogen (secondary N) is 2. The molecule has 0 aromatic carbocycles. The minimum absolute atomic E-state index is 0.288. The molecule has 0 saturated heterocycles. The minimum Gasteiger partial charge on any atom is -0.391 e. The third kappa shape index (κ3) is 3.28. The van der Waals surface area contributed by atoms with Crippen LogP contribution in [-0.2, 0) is 6.42 Å². The maximum atomic E-state index is 9.76. The zero-order chi connectivity index (χ0) is 12.3. The second-order valence-corrected chi connectivity index (χ2v) is 4.34. The van der Waals surface area contributed by atoms with Crippen LogP contribution >= 0.6 is 0 Å². The number of nitrogen functional groups attached to an aromatic ring is 1. The molecule has 0 radical (unpaired) electrons. The van der Waals surface area contributed by atoms with Gasteiger partial charge in [0.25, 0.3) is 0 Å². The summed E-state index contributed by atoms with van der Waals surface area (Å²) in [4.78, 5) is 8.52. The lowest BCUT2D eigenvalue weighted by molar-refractivity contribution is 0.164. The summed E-state index contributed by atoms with van der Waals surface area (Å²) in [6.45, 7) is 2.51. The Labute approximate surface area is 101 Å². The third-order valence-electron chi connectivity index (χ3n) is 2.90. The average Bonchev–Trinajstić information content (AvgIpc) is 3.19. The van der Waals surface area contributed by atoms with Gasteiger partial charge in [-0.2, -0.15) is 0 Å². The maximum Gasteiger partial charge on any atom is 0.145 e. The normalized spacial score (nSPS) is 16.6. The van der Waals surface area contributed by atoms with Crippen molar-refractivity contribution >= 4 is 11.6 Å². The fourth-order valence-electron chi connectivity index (χ4n) is 1.68. The van der Waals surface area contributed by atoms with Gasteiger partial charge in [0.05, 0.1) is 6.10 Å². The van der Waals surface area contributed by atoms with Crippen molar-refractivity contribution in [2.45, 2.75) is 32.3 Å². The highest BCUT2D eigenvalue weighted by atomic mass is 16.3. The largest absolute Gasteiger partial charge is 0.391 e. The van der Waals surface area contributed by atoms with Crippen molar-refractivity contribution in [3.63, 3.8) is 0 Å². The van der Waals surface area contributed by atoms with Gasteiger partial charge >= 0.3 is 0 Å². The first-order chi connectivity index (χ1) is 8.22. The molecule has 1 heterocycles. The van der Waals surface area contributed by atoms with Gasteiger partial charge in [0.1, 0.15) is 17.5 Å². The second-order valence-electron chi connectivity index (χ2n) is 4.34. The van der Waals surface area contributed by atoms with Crippen LogP contribution in [0, 0.1) is 5.92 Å². The zero-order valence-electron chi connectivity index (χ0n) is 9.98. The number of nitrogens with zero attached hydrogens (tertiary/aromatic N) is 2. The van der Waals surface area contributed by atoms with E-state index in [0.717, 1.165) is 25.1 Å². The lowest BCUT2D eigenvalue weighted by Gasteiger charge is -2.12. The lowest BCUT2D eigenvalue weighted by Crippen LogP contribution is -2.22. The molecule has 5 N–H and O–H groups in total. The number of aliphatic hydroxyl groups excluding tert-OH is 1. The van der Waals surface area contributed by atoms with Gasteiger partial charge in [-0.05, 0) is 18.8 Å². The van der Waals surface area contributed by atoms with Gasteiger partial charge in [0.15, 0.2) is 0 Å². The highest BCUT2D eigenvalue weighted by Gasteiger charge is 2.29. The van der Waals surface area contributed by atoms with Gasteiger partial charge in [0.2, 0.25) is 0 Å². The van der Waals surface area contributed by atoms with Crippen LogP contribution in [0.5, 0.6) is 0 Å². The van der Waals surface area contributed by atoms with E-state index in [1.807, 2.05) is 6.92 Å². The fraction of sp³-hybridized carbons (Fsp3) is 0.636. The van der Waals surface area contributed by atoms with E-state index in [2.05, 4.69) is 20.7 Å². The van der Waals surface area contributed by atoms with E-state index >= 15 is 0 Å². The molecule has 1 aromatic rings. The predicted molar refractivity (Wildman–Crippen MR) is 66.4 cm³/mol. The van der Waals surface area contributed by atoms with E-state index in [9.17, 15) is 5.11 Å². The Morgan fingerprint density at radius 3 is 2.76 bits per heavy atom. The van der Waals surface area contributed by atoms with Crippen LogP contribution in [0.15, 0.2) is 6.07 Å². The molecular formula is C11H19N5O. The van der Waals surface area contributed by atoms with Crippen LogP contribution in [0.25, 0.3) is 0 Å². The molecular weight excluding hydrogens is 218 g/mol. The molecule has 1 fully saturated rings. The molecule has 1 aliphatic rings. The van der Waals surface area contributed by atoms with Gasteiger partial charge in [-0.3, -0.25) is 0 Å². The Morgan fingerprint density at radius 2 is 2.18 bits per heavy atom. The summed E-state index contributed by atoms with van der Waals surface area (Å²) in [7, 11) is 0. The zero-order valence-corrected chi connectivity index (χ0v) is 9.98. The van der Waals surface area contributed by atoms with E-state index < -0.39 is 0 Å². The first-order valence-electron chi connectivity index (χ1n) is 5.99.